The Labute approximate surface area is 167 Å². The normalized spacial score (nSPS) is 13.4. The van der Waals surface area contributed by atoms with Crippen LogP contribution in [0.4, 0.5) is 5.82 Å². The summed E-state index contributed by atoms with van der Waals surface area (Å²) in [4.78, 5) is 28.8. The first-order chi connectivity index (χ1) is 14.1. The summed E-state index contributed by atoms with van der Waals surface area (Å²) in [5, 5.41) is 15.5. The van der Waals surface area contributed by atoms with E-state index in [1.807, 2.05) is 48.1 Å². The van der Waals surface area contributed by atoms with Gasteiger partial charge in [-0.15, -0.1) is 0 Å². The number of hydrogen-bond donors (Lipinski definition) is 2. The Morgan fingerprint density at radius 2 is 2.03 bits per heavy atom. The summed E-state index contributed by atoms with van der Waals surface area (Å²) in [6.45, 7) is 0.539. The molecule has 2 aromatic heterocycles. The molecule has 9 nitrogen and oxygen atoms in total. The fourth-order valence-electron chi connectivity index (χ4n) is 3.15. The molecule has 2 amide bonds. The molecule has 0 bridgehead atoms. The molecule has 0 saturated heterocycles. The highest BCUT2D eigenvalue weighted by atomic mass is 16.2. The molecule has 0 saturated carbocycles. The van der Waals surface area contributed by atoms with Gasteiger partial charge in [0.1, 0.15) is 5.69 Å². The van der Waals surface area contributed by atoms with Gasteiger partial charge in [0.15, 0.2) is 11.6 Å². The number of nitrogens with one attached hydrogen (secondary N) is 2. The van der Waals surface area contributed by atoms with Crippen LogP contribution >= 0.6 is 0 Å². The summed E-state index contributed by atoms with van der Waals surface area (Å²) in [5.41, 5.74) is 2.60. The van der Waals surface area contributed by atoms with Crippen LogP contribution in [0.5, 0.6) is 0 Å². The molecule has 0 unspecified atom stereocenters. The van der Waals surface area contributed by atoms with Crippen molar-refractivity contribution in [3.05, 3.63) is 54.4 Å². The van der Waals surface area contributed by atoms with E-state index in [-0.39, 0.29) is 24.7 Å². The lowest BCUT2D eigenvalue weighted by Crippen LogP contribution is -2.25. The molecule has 148 valence electrons. The number of nitrogens with zero attached hydrogens (tertiary/aromatic N) is 5. The summed E-state index contributed by atoms with van der Waals surface area (Å²) < 4.78 is 1.85. The number of imidazole rings is 1. The maximum absolute atomic E-state index is 12.4. The second-order valence-corrected chi connectivity index (χ2v) is 6.76. The molecule has 0 atom stereocenters. The quantitative estimate of drug-likeness (QED) is 0.671. The first-order valence-corrected chi connectivity index (χ1v) is 9.36. The third kappa shape index (κ3) is 4.23. The molecule has 3 aromatic rings. The number of H-pyrrole nitrogens is 1. The zero-order valence-corrected chi connectivity index (χ0v) is 16.0. The number of hydrogen-bond acceptors (Lipinski definition) is 5. The van der Waals surface area contributed by atoms with Crippen molar-refractivity contribution in [1.82, 2.24) is 24.8 Å². The molecule has 29 heavy (non-hydrogen) atoms. The highest BCUT2D eigenvalue weighted by Crippen LogP contribution is 2.18. The number of aromatic amines is 1. The van der Waals surface area contributed by atoms with Crippen LogP contribution in [0.15, 0.2) is 53.9 Å². The maximum atomic E-state index is 12.4. The van der Waals surface area contributed by atoms with Crippen molar-refractivity contribution in [2.24, 2.45) is 12.1 Å². The number of rotatable bonds is 6. The summed E-state index contributed by atoms with van der Waals surface area (Å²) in [6.07, 6.45) is 4.38. The third-order valence-corrected chi connectivity index (χ3v) is 4.67. The predicted molar refractivity (Wildman–Crippen MR) is 108 cm³/mol. The largest absolute Gasteiger partial charge is 0.333 e. The molecule has 9 heteroatoms. The van der Waals surface area contributed by atoms with Crippen molar-refractivity contribution in [2.75, 3.05) is 11.9 Å². The van der Waals surface area contributed by atoms with Gasteiger partial charge in [0.25, 0.3) is 0 Å². The minimum atomic E-state index is -0.275. The van der Waals surface area contributed by atoms with Crippen LogP contribution in [-0.4, -0.2) is 48.8 Å². The first-order valence-electron chi connectivity index (χ1n) is 9.36. The van der Waals surface area contributed by atoms with E-state index >= 15 is 0 Å². The number of anilines is 1. The van der Waals surface area contributed by atoms with Crippen molar-refractivity contribution in [2.45, 2.75) is 19.3 Å². The lowest BCUT2D eigenvalue weighted by Gasteiger charge is -2.10. The second kappa shape index (κ2) is 8.09. The van der Waals surface area contributed by atoms with Crippen LogP contribution in [0.2, 0.25) is 0 Å². The van der Waals surface area contributed by atoms with Gasteiger partial charge in [0.2, 0.25) is 11.8 Å². The number of aryl methyl sites for hydroxylation is 1. The van der Waals surface area contributed by atoms with E-state index in [1.54, 1.807) is 12.3 Å². The third-order valence-electron chi connectivity index (χ3n) is 4.67. The topological polar surface area (TPSA) is 108 Å². The van der Waals surface area contributed by atoms with Gasteiger partial charge in [0, 0.05) is 44.8 Å². The van der Waals surface area contributed by atoms with Gasteiger partial charge in [-0.05, 0) is 5.56 Å². The van der Waals surface area contributed by atoms with Crippen LogP contribution in [0, 0.1) is 0 Å². The molecule has 0 fully saturated rings. The van der Waals surface area contributed by atoms with Crippen LogP contribution in [-0.2, 0) is 16.6 Å². The second-order valence-electron chi connectivity index (χ2n) is 6.76. The van der Waals surface area contributed by atoms with Crippen molar-refractivity contribution >= 4 is 23.3 Å². The maximum Gasteiger partial charge on any atom is 0.243 e. The summed E-state index contributed by atoms with van der Waals surface area (Å²) in [5.74, 6) is 0.671. The molecule has 1 aliphatic heterocycles. The average Bonchev–Trinajstić information content (AvgIpc) is 3.47. The zero-order chi connectivity index (χ0) is 20.2. The number of benzene rings is 1. The summed E-state index contributed by atoms with van der Waals surface area (Å²) in [7, 11) is 1.87. The average molecular weight is 391 g/mol. The monoisotopic (exact) mass is 391 g/mol. The van der Waals surface area contributed by atoms with E-state index in [2.05, 4.69) is 25.6 Å². The molecule has 0 radical (unpaired) electrons. The van der Waals surface area contributed by atoms with Crippen molar-refractivity contribution in [1.29, 1.82) is 0 Å². The Hall–Kier alpha value is -3.75. The first kappa shape index (κ1) is 18.6. The van der Waals surface area contributed by atoms with Crippen LogP contribution in [0.25, 0.3) is 11.5 Å². The molecule has 2 N–H and O–H groups in total. The molecule has 1 aliphatic rings. The smallest absolute Gasteiger partial charge is 0.243 e. The van der Waals surface area contributed by atoms with E-state index in [9.17, 15) is 9.59 Å². The molecule has 0 spiro atoms. The summed E-state index contributed by atoms with van der Waals surface area (Å²) >= 11 is 0. The van der Waals surface area contributed by atoms with Gasteiger partial charge in [-0.25, -0.2) is 9.99 Å². The molecule has 0 aliphatic carbocycles. The van der Waals surface area contributed by atoms with Crippen LogP contribution < -0.4 is 5.32 Å². The Bertz CT molecular complexity index is 1050. The van der Waals surface area contributed by atoms with E-state index in [0.717, 1.165) is 11.3 Å². The fraction of sp³-hybridized carbons (Fsp3) is 0.250. The standard InChI is InChI=1S/C20H21N7O2/c1-26-12-10-21-20(26)16-13-17(24-23-16)22-18(28)7-8-19(29)27-11-9-15(25-27)14-5-3-2-4-6-14/h2-6,10,12-13H,7-9,11H2,1H3,(H2,22,23,24,28). The Morgan fingerprint density at radius 3 is 2.79 bits per heavy atom. The van der Waals surface area contributed by atoms with Gasteiger partial charge in [0.05, 0.1) is 12.3 Å². The molecular weight excluding hydrogens is 370 g/mol. The van der Waals surface area contributed by atoms with E-state index < -0.39 is 0 Å². The number of hydrazone groups is 1. The van der Waals surface area contributed by atoms with Gasteiger partial charge in [-0.3, -0.25) is 14.7 Å². The molecule has 1 aromatic carbocycles. The van der Waals surface area contributed by atoms with E-state index in [4.69, 9.17) is 0 Å². The highest BCUT2D eigenvalue weighted by molar-refractivity contribution is 6.02. The predicted octanol–water partition coefficient (Wildman–Crippen LogP) is 2.17. The van der Waals surface area contributed by atoms with E-state index in [0.29, 0.717) is 30.3 Å². The lowest BCUT2D eigenvalue weighted by atomic mass is 10.1. The van der Waals surface area contributed by atoms with E-state index in [1.165, 1.54) is 5.01 Å². The Kier molecular flexibility index (Phi) is 5.19. The highest BCUT2D eigenvalue weighted by Gasteiger charge is 2.22. The van der Waals surface area contributed by atoms with Gasteiger partial charge >= 0.3 is 0 Å². The zero-order valence-electron chi connectivity index (χ0n) is 16.0. The molecule has 4 rings (SSSR count). The van der Waals surface area contributed by atoms with Gasteiger partial charge in [-0.2, -0.15) is 10.2 Å². The Balaban J connectivity index is 1.29. The number of aromatic nitrogens is 4. The van der Waals surface area contributed by atoms with Crippen LogP contribution in [0.1, 0.15) is 24.8 Å². The summed E-state index contributed by atoms with van der Waals surface area (Å²) in [6, 6.07) is 11.5. The lowest BCUT2D eigenvalue weighted by molar-refractivity contribution is -0.132. The number of carbonyl (C=O) groups excluding carboxylic acids is 2. The fourth-order valence-corrected chi connectivity index (χ4v) is 3.15. The molecule has 3 heterocycles. The van der Waals surface area contributed by atoms with Crippen molar-refractivity contribution in [3.8, 4) is 11.5 Å². The number of carbonyl (C=O) groups is 2. The van der Waals surface area contributed by atoms with Crippen LogP contribution in [0.3, 0.4) is 0 Å². The van der Waals surface area contributed by atoms with Crippen molar-refractivity contribution in [3.63, 3.8) is 0 Å². The Morgan fingerprint density at radius 1 is 1.21 bits per heavy atom. The SMILES string of the molecule is Cn1ccnc1-c1cc(NC(=O)CCC(=O)N2CCC(c3ccccc3)=N2)n[nH]1. The minimum Gasteiger partial charge on any atom is -0.333 e. The van der Waals surface area contributed by atoms with Gasteiger partial charge in [-0.1, -0.05) is 30.3 Å². The molecular formula is C20H21N7O2. The number of amides is 2. The van der Waals surface area contributed by atoms with Gasteiger partial charge < -0.3 is 9.88 Å². The minimum absolute atomic E-state index is 0.0656. The van der Waals surface area contributed by atoms with Crippen molar-refractivity contribution < 1.29 is 9.59 Å².